The maximum absolute atomic E-state index is 8.64. The Morgan fingerprint density at radius 3 is 2.67 bits per heavy atom. The third-order valence-corrected chi connectivity index (χ3v) is 3.35. The van der Waals surface area contributed by atoms with E-state index >= 15 is 0 Å². The quantitative estimate of drug-likeness (QED) is 0.352. The fraction of sp³-hybridized carbons (Fsp3) is 0.500. The molecule has 0 heterocycles. The maximum Gasteiger partial charge on any atom is 0.140 e. The zero-order valence-corrected chi connectivity index (χ0v) is 11.4. The fourth-order valence-electron chi connectivity index (χ4n) is 2.08. The predicted molar refractivity (Wildman–Crippen MR) is 74.8 cm³/mol. The van der Waals surface area contributed by atoms with Gasteiger partial charge in [-0.25, -0.2) is 0 Å². The van der Waals surface area contributed by atoms with Crippen LogP contribution < -0.4 is 5.73 Å². The third kappa shape index (κ3) is 4.04. The first kappa shape index (κ1) is 14.5. The molecule has 4 heteroatoms. The summed E-state index contributed by atoms with van der Waals surface area (Å²) < 4.78 is 0. The number of benzene rings is 1. The van der Waals surface area contributed by atoms with Crippen molar-refractivity contribution in [2.75, 3.05) is 7.05 Å². The molecule has 1 atom stereocenters. The predicted octanol–water partition coefficient (Wildman–Crippen LogP) is 2.34. The molecule has 0 aliphatic heterocycles. The van der Waals surface area contributed by atoms with Gasteiger partial charge in [-0.3, -0.25) is 4.90 Å². The summed E-state index contributed by atoms with van der Waals surface area (Å²) >= 11 is 0. The zero-order valence-electron chi connectivity index (χ0n) is 11.4. The standard InChI is InChI=1S/C14H23N3O/c1-4-13(9-14(15)16-18)17(3)10-12-8-6-5-7-11(12)2/h5-8,13,18H,4,9-10H2,1-3H3,(H2,15,16). The molecule has 0 radical (unpaired) electrons. The van der Waals surface area contributed by atoms with E-state index in [9.17, 15) is 0 Å². The second kappa shape index (κ2) is 7.01. The van der Waals surface area contributed by atoms with E-state index in [4.69, 9.17) is 10.9 Å². The van der Waals surface area contributed by atoms with Crippen LogP contribution in [-0.2, 0) is 6.54 Å². The second-order valence-corrected chi connectivity index (χ2v) is 4.70. The summed E-state index contributed by atoms with van der Waals surface area (Å²) in [5.74, 6) is 0.290. The van der Waals surface area contributed by atoms with Gasteiger partial charge in [0, 0.05) is 19.0 Å². The Morgan fingerprint density at radius 2 is 2.11 bits per heavy atom. The Kier molecular flexibility index (Phi) is 5.65. The van der Waals surface area contributed by atoms with Crippen molar-refractivity contribution in [2.45, 2.75) is 39.3 Å². The highest BCUT2D eigenvalue weighted by Gasteiger charge is 2.15. The van der Waals surface area contributed by atoms with Crippen molar-refractivity contribution < 1.29 is 5.21 Å². The number of hydrogen-bond acceptors (Lipinski definition) is 3. The number of rotatable bonds is 6. The monoisotopic (exact) mass is 249 g/mol. The summed E-state index contributed by atoms with van der Waals surface area (Å²) in [7, 11) is 2.07. The van der Waals surface area contributed by atoms with Gasteiger partial charge in [-0.1, -0.05) is 36.3 Å². The summed E-state index contributed by atoms with van der Waals surface area (Å²) in [6.45, 7) is 5.11. The lowest BCUT2D eigenvalue weighted by Gasteiger charge is -2.27. The molecule has 0 fully saturated rings. The van der Waals surface area contributed by atoms with Gasteiger partial charge in [-0.2, -0.15) is 0 Å². The minimum absolute atomic E-state index is 0.290. The number of nitrogens with zero attached hydrogens (tertiary/aromatic N) is 2. The normalized spacial score (nSPS) is 13.9. The van der Waals surface area contributed by atoms with Crippen LogP contribution in [0.1, 0.15) is 30.9 Å². The van der Waals surface area contributed by atoms with Gasteiger partial charge in [0.2, 0.25) is 0 Å². The van der Waals surface area contributed by atoms with Gasteiger partial charge < -0.3 is 10.9 Å². The smallest absolute Gasteiger partial charge is 0.140 e. The topological polar surface area (TPSA) is 61.9 Å². The van der Waals surface area contributed by atoms with E-state index in [1.54, 1.807) is 0 Å². The largest absolute Gasteiger partial charge is 0.409 e. The van der Waals surface area contributed by atoms with Gasteiger partial charge in [-0.15, -0.1) is 0 Å². The van der Waals surface area contributed by atoms with Gasteiger partial charge in [0.1, 0.15) is 5.84 Å². The SMILES string of the molecule is CCC(CC(N)=NO)N(C)Cc1ccccc1C. The number of amidine groups is 1. The molecule has 0 bridgehead atoms. The third-order valence-electron chi connectivity index (χ3n) is 3.35. The number of oxime groups is 1. The van der Waals surface area contributed by atoms with Gasteiger partial charge in [-0.05, 0) is 31.5 Å². The van der Waals surface area contributed by atoms with Crippen molar-refractivity contribution in [3.63, 3.8) is 0 Å². The molecule has 1 aromatic rings. The summed E-state index contributed by atoms with van der Waals surface area (Å²) in [5.41, 5.74) is 8.20. The minimum atomic E-state index is 0.290. The average Bonchev–Trinajstić information content (AvgIpc) is 2.38. The van der Waals surface area contributed by atoms with Gasteiger partial charge in [0.05, 0.1) is 0 Å². The molecular weight excluding hydrogens is 226 g/mol. The molecular formula is C14H23N3O. The lowest BCUT2D eigenvalue weighted by molar-refractivity contribution is 0.229. The zero-order chi connectivity index (χ0) is 13.5. The van der Waals surface area contributed by atoms with Crippen molar-refractivity contribution in [1.82, 2.24) is 4.90 Å². The first-order chi connectivity index (χ1) is 8.58. The van der Waals surface area contributed by atoms with Crippen LogP contribution in [0.15, 0.2) is 29.4 Å². The van der Waals surface area contributed by atoms with Gasteiger partial charge >= 0.3 is 0 Å². The molecule has 3 N–H and O–H groups in total. The Hall–Kier alpha value is -1.55. The second-order valence-electron chi connectivity index (χ2n) is 4.70. The highest BCUT2D eigenvalue weighted by Crippen LogP contribution is 2.14. The van der Waals surface area contributed by atoms with Crippen molar-refractivity contribution in [3.8, 4) is 0 Å². The molecule has 0 aliphatic carbocycles. The van der Waals surface area contributed by atoms with Crippen LogP contribution in [0.25, 0.3) is 0 Å². The van der Waals surface area contributed by atoms with Gasteiger partial charge in [0.25, 0.3) is 0 Å². The minimum Gasteiger partial charge on any atom is -0.409 e. The molecule has 4 nitrogen and oxygen atoms in total. The Bertz CT molecular complexity index is 404. The Balaban J connectivity index is 2.68. The molecule has 1 aromatic carbocycles. The summed E-state index contributed by atoms with van der Waals surface area (Å²) in [6.07, 6.45) is 1.56. The molecule has 100 valence electrons. The highest BCUT2D eigenvalue weighted by atomic mass is 16.4. The average molecular weight is 249 g/mol. The summed E-state index contributed by atoms with van der Waals surface area (Å²) in [4.78, 5) is 2.25. The lowest BCUT2D eigenvalue weighted by Crippen LogP contribution is -2.34. The van der Waals surface area contributed by atoms with Gasteiger partial charge in [0.15, 0.2) is 0 Å². The van der Waals surface area contributed by atoms with Crippen molar-refractivity contribution in [1.29, 1.82) is 0 Å². The van der Waals surface area contributed by atoms with Crippen LogP contribution in [0.2, 0.25) is 0 Å². The molecule has 0 aromatic heterocycles. The van der Waals surface area contributed by atoms with E-state index in [0.29, 0.717) is 18.3 Å². The summed E-state index contributed by atoms with van der Waals surface area (Å²) in [6, 6.07) is 8.66. The fourth-order valence-corrected chi connectivity index (χ4v) is 2.08. The van der Waals surface area contributed by atoms with E-state index in [1.165, 1.54) is 11.1 Å². The maximum atomic E-state index is 8.64. The molecule has 0 spiro atoms. The van der Waals surface area contributed by atoms with Crippen LogP contribution in [0.3, 0.4) is 0 Å². The van der Waals surface area contributed by atoms with E-state index in [-0.39, 0.29) is 0 Å². The molecule has 1 rings (SSSR count). The van der Waals surface area contributed by atoms with Crippen LogP contribution >= 0.6 is 0 Å². The first-order valence-corrected chi connectivity index (χ1v) is 6.29. The van der Waals surface area contributed by atoms with Crippen LogP contribution in [-0.4, -0.2) is 29.0 Å². The lowest BCUT2D eigenvalue weighted by atomic mass is 10.1. The number of hydrogen-bond donors (Lipinski definition) is 2. The van der Waals surface area contributed by atoms with Crippen LogP contribution in [0, 0.1) is 6.92 Å². The van der Waals surface area contributed by atoms with E-state index in [0.717, 1.165) is 13.0 Å². The van der Waals surface area contributed by atoms with E-state index in [2.05, 4.69) is 49.1 Å². The van der Waals surface area contributed by atoms with Crippen molar-refractivity contribution in [2.24, 2.45) is 10.9 Å². The highest BCUT2D eigenvalue weighted by molar-refractivity contribution is 5.80. The molecule has 0 amide bonds. The van der Waals surface area contributed by atoms with Crippen LogP contribution in [0.4, 0.5) is 0 Å². The Labute approximate surface area is 109 Å². The number of aryl methyl sites for hydroxylation is 1. The first-order valence-electron chi connectivity index (χ1n) is 6.29. The molecule has 18 heavy (non-hydrogen) atoms. The van der Waals surface area contributed by atoms with Crippen LogP contribution in [0.5, 0.6) is 0 Å². The van der Waals surface area contributed by atoms with E-state index < -0.39 is 0 Å². The molecule has 0 saturated heterocycles. The Morgan fingerprint density at radius 1 is 1.44 bits per heavy atom. The molecule has 0 saturated carbocycles. The molecule has 0 aliphatic rings. The molecule has 1 unspecified atom stereocenters. The van der Waals surface area contributed by atoms with Crippen molar-refractivity contribution >= 4 is 5.84 Å². The summed E-state index contributed by atoms with van der Waals surface area (Å²) in [5, 5.41) is 11.7. The van der Waals surface area contributed by atoms with Crippen molar-refractivity contribution in [3.05, 3.63) is 35.4 Å². The van der Waals surface area contributed by atoms with E-state index in [1.807, 2.05) is 6.07 Å². The number of nitrogens with two attached hydrogens (primary N) is 1.